The van der Waals surface area contributed by atoms with E-state index >= 15 is 0 Å². The maximum atomic E-state index is 14.1. The molecule has 3 aromatic rings. The summed E-state index contributed by atoms with van der Waals surface area (Å²) in [5.41, 5.74) is 6.52. The maximum absolute atomic E-state index is 14.1. The molecule has 0 heterocycles. The van der Waals surface area contributed by atoms with Crippen molar-refractivity contribution in [2.75, 3.05) is 20.2 Å². The summed E-state index contributed by atoms with van der Waals surface area (Å²) in [6, 6.07) is 14.0. The van der Waals surface area contributed by atoms with Gasteiger partial charge in [-0.05, 0) is 42.0 Å². The van der Waals surface area contributed by atoms with Crippen LogP contribution < -0.4 is 15.2 Å². The number of hydrogen-bond acceptors (Lipinski definition) is 4. The highest BCUT2D eigenvalue weighted by molar-refractivity contribution is 5.94. The lowest BCUT2D eigenvalue weighted by Crippen LogP contribution is -2.35. The first-order chi connectivity index (χ1) is 15.4. The second-order valence-electron chi connectivity index (χ2n) is 7.00. The fourth-order valence-corrected chi connectivity index (χ4v) is 3.16. The molecule has 0 aliphatic rings. The first kappa shape index (κ1) is 23.1. The number of rotatable bonds is 9. The van der Waals surface area contributed by atoms with Gasteiger partial charge in [-0.2, -0.15) is 0 Å². The Kier molecular flexibility index (Phi) is 7.72. The minimum atomic E-state index is -0.704. The molecule has 0 saturated heterocycles. The van der Waals surface area contributed by atoms with Crippen molar-refractivity contribution in [2.24, 2.45) is 5.73 Å². The number of methoxy groups -OCH3 is 1. The normalized spacial score (nSPS) is 10.7. The van der Waals surface area contributed by atoms with E-state index < -0.39 is 23.4 Å². The van der Waals surface area contributed by atoms with Crippen molar-refractivity contribution >= 4 is 5.91 Å². The van der Waals surface area contributed by atoms with E-state index in [1.807, 2.05) is 0 Å². The SMILES string of the molecule is COc1cc(CN(CCN)C(=O)c2ccccc2F)ccc1OCc1ccc(F)cc1F. The van der Waals surface area contributed by atoms with Gasteiger partial charge in [0.15, 0.2) is 11.5 Å². The van der Waals surface area contributed by atoms with Gasteiger partial charge in [-0.25, -0.2) is 13.2 Å². The summed E-state index contributed by atoms with van der Waals surface area (Å²) in [4.78, 5) is 14.3. The summed E-state index contributed by atoms with van der Waals surface area (Å²) in [6.07, 6.45) is 0. The van der Waals surface area contributed by atoms with E-state index in [0.717, 1.165) is 12.1 Å². The second kappa shape index (κ2) is 10.7. The minimum absolute atomic E-state index is 0.0332. The maximum Gasteiger partial charge on any atom is 0.257 e. The Bertz CT molecular complexity index is 1090. The number of amides is 1. The van der Waals surface area contributed by atoms with Crippen LogP contribution in [0.3, 0.4) is 0 Å². The Hall–Kier alpha value is -3.52. The zero-order chi connectivity index (χ0) is 23.1. The average molecular weight is 444 g/mol. The van der Waals surface area contributed by atoms with Crippen LogP contribution in [0.4, 0.5) is 13.2 Å². The van der Waals surface area contributed by atoms with Gasteiger partial charge in [0.05, 0.1) is 12.7 Å². The van der Waals surface area contributed by atoms with Crippen molar-refractivity contribution in [2.45, 2.75) is 13.2 Å². The summed E-state index contributed by atoms with van der Waals surface area (Å²) in [5.74, 6) is -1.72. The number of hydrogen-bond donors (Lipinski definition) is 1. The molecule has 0 aliphatic carbocycles. The summed E-state index contributed by atoms with van der Waals surface area (Å²) in [6.45, 7) is 0.500. The van der Waals surface area contributed by atoms with Crippen LogP contribution >= 0.6 is 0 Å². The van der Waals surface area contributed by atoms with E-state index in [1.165, 1.54) is 36.3 Å². The van der Waals surface area contributed by atoms with Crippen LogP contribution in [0.25, 0.3) is 0 Å². The lowest BCUT2D eigenvalue weighted by atomic mass is 10.1. The Morgan fingerprint density at radius 1 is 0.969 bits per heavy atom. The zero-order valence-electron chi connectivity index (χ0n) is 17.5. The molecule has 0 unspecified atom stereocenters. The predicted octanol–water partition coefficient (Wildman–Crippen LogP) is 4.29. The highest BCUT2D eigenvalue weighted by Crippen LogP contribution is 2.30. The van der Waals surface area contributed by atoms with Crippen molar-refractivity contribution in [3.05, 3.63) is 94.8 Å². The van der Waals surface area contributed by atoms with E-state index in [4.69, 9.17) is 15.2 Å². The van der Waals surface area contributed by atoms with Crippen molar-refractivity contribution < 1.29 is 27.4 Å². The molecule has 0 aliphatic heterocycles. The highest BCUT2D eigenvalue weighted by Gasteiger charge is 2.19. The molecule has 2 N–H and O–H groups in total. The third-order valence-electron chi connectivity index (χ3n) is 4.79. The van der Waals surface area contributed by atoms with Gasteiger partial charge in [0.25, 0.3) is 5.91 Å². The fraction of sp³-hybridized carbons (Fsp3) is 0.208. The standard InChI is InChI=1S/C24H23F3N2O3/c1-31-23-12-16(6-9-22(23)32-15-17-7-8-18(25)13-21(17)27)14-29(11-10-28)24(30)19-4-2-3-5-20(19)26/h2-9,12-13H,10-11,14-15,28H2,1H3. The Morgan fingerprint density at radius 3 is 2.44 bits per heavy atom. The molecule has 0 saturated carbocycles. The van der Waals surface area contributed by atoms with Crippen LogP contribution in [0.1, 0.15) is 21.5 Å². The van der Waals surface area contributed by atoms with Gasteiger partial charge in [-0.1, -0.05) is 18.2 Å². The van der Waals surface area contributed by atoms with Gasteiger partial charge in [0.1, 0.15) is 24.1 Å². The molecule has 32 heavy (non-hydrogen) atoms. The van der Waals surface area contributed by atoms with Gasteiger partial charge >= 0.3 is 0 Å². The zero-order valence-corrected chi connectivity index (χ0v) is 17.5. The molecule has 0 aromatic heterocycles. The summed E-state index contributed by atoms with van der Waals surface area (Å²) < 4.78 is 52.0. The number of ether oxygens (including phenoxy) is 2. The largest absolute Gasteiger partial charge is 0.493 e. The molecule has 5 nitrogen and oxygen atoms in total. The summed E-state index contributed by atoms with van der Waals surface area (Å²) >= 11 is 0. The number of halogens is 3. The first-order valence-corrected chi connectivity index (χ1v) is 9.90. The van der Waals surface area contributed by atoms with Crippen LogP contribution in [0.5, 0.6) is 11.5 Å². The van der Waals surface area contributed by atoms with E-state index in [0.29, 0.717) is 17.1 Å². The quantitative estimate of drug-likeness (QED) is 0.535. The third kappa shape index (κ3) is 5.59. The molecule has 0 spiro atoms. The Morgan fingerprint density at radius 2 is 1.75 bits per heavy atom. The van der Waals surface area contributed by atoms with Gasteiger partial charge in [0.2, 0.25) is 0 Å². The molecule has 0 atom stereocenters. The number of benzene rings is 3. The molecule has 0 bridgehead atoms. The smallest absolute Gasteiger partial charge is 0.257 e. The van der Waals surface area contributed by atoms with Crippen molar-refractivity contribution in [3.63, 3.8) is 0 Å². The van der Waals surface area contributed by atoms with Gasteiger partial charge in [-0.15, -0.1) is 0 Å². The summed E-state index contributed by atoms with van der Waals surface area (Å²) in [7, 11) is 1.45. The Balaban J connectivity index is 1.76. The van der Waals surface area contributed by atoms with Crippen LogP contribution in [0.2, 0.25) is 0 Å². The molecule has 168 valence electrons. The molecular weight excluding hydrogens is 421 g/mol. The van der Waals surface area contributed by atoms with E-state index in [9.17, 15) is 18.0 Å². The van der Waals surface area contributed by atoms with E-state index in [2.05, 4.69) is 0 Å². The van der Waals surface area contributed by atoms with Crippen molar-refractivity contribution in [3.8, 4) is 11.5 Å². The van der Waals surface area contributed by atoms with Gasteiger partial charge in [0, 0.05) is 31.3 Å². The lowest BCUT2D eigenvalue weighted by Gasteiger charge is -2.23. The van der Waals surface area contributed by atoms with E-state index in [1.54, 1.807) is 24.3 Å². The number of nitrogens with two attached hydrogens (primary N) is 1. The van der Waals surface area contributed by atoms with Crippen LogP contribution in [-0.2, 0) is 13.2 Å². The first-order valence-electron chi connectivity index (χ1n) is 9.90. The Labute approximate surface area is 184 Å². The van der Waals surface area contributed by atoms with Crippen molar-refractivity contribution in [1.82, 2.24) is 4.90 Å². The third-order valence-corrected chi connectivity index (χ3v) is 4.79. The number of carbonyl (C=O) groups is 1. The molecule has 3 aromatic carbocycles. The fourth-order valence-electron chi connectivity index (χ4n) is 3.16. The number of carbonyl (C=O) groups excluding carboxylic acids is 1. The van der Waals surface area contributed by atoms with Gasteiger partial charge < -0.3 is 20.1 Å². The molecule has 8 heteroatoms. The van der Waals surface area contributed by atoms with E-state index in [-0.39, 0.29) is 37.4 Å². The monoisotopic (exact) mass is 444 g/mol. The second-order valence-corrected chi connectivity index (χ2v) is 7.00. The number of nitrogens with zero attached hydrogens (tertiary/aromatic N) is 1. The lowest BCUT2D eigenvalue weighted by molar-refractivity contribution is 0.0743. The molecular formula is C24H23F3N2O3. The highest BCUT2D eigenvalue weighted by atomic mass is 19.1. The van der Waals surface area contributed by atoms with Crippen LogP contribution in [-0.4, -0.2) is 31.0 Å². The predicted molar refractivity (Wildman–Crippen MR) is 114 cm³/mol. The van der Waals surface area contributed by atoms with Crippen LogP contribution in [0, 0.1) is 17.5 Å². The molecule has 0 radical (unpaired) electrons. The minimum Gasteiger partial charge on any atom is -0.493 e. The molecule has 3 rings (SSSR count). The molecule has 0 fully saturated rings. The topological polar surface area (TPSA) is 64.8 Å². The molecule has 1 amide bonds. The van der Waals surface area contributed by atoms with Crippen molar-refractivity contribution in [1.29, 1.82) is 0 Å². The van der Waals surface area contributed by atoms with Gasteiger partial charge in [-0.3, -0.25) is 4.79 Å². The average Bonchev–Trinajstić information content (AvgIpc) is 2.78. The van der Waals surface area contributed by atoms with Crippen LogP contribution in [0.15, 0.2) is 60.7 Å². The summed E-state index contributed by atoms with van der Waals surface area (Å²) in [5, 5.41) is 0.